The molecule has 0 atom stereocenters. The molecular weight excluding hydrogens is 350 g/mol. The molecule has 0 spiro atoms. The maximum atomic E-state index is 12.5. The number of benzene rings is 1. The molecular formula is C16H22ClN3O3S. The minimum Gasteiger partial charge on any atom is -0.352 e. The summed E-state index contributed by atoms with van der Waals surface area (Å²) in [7, 11) is -1.83. The Kier molecular flexibility index (Phi) is 7.47. The predicted octanol–water partition coefficient (Wildman–Crippen LogP) is 1.79. The summed E-state index contributed by atoms with van der Waals surface area (Å²) < 4.78 is 26.1. The molecule has 132 valence electrons. The Labute approximate surface area is 148 Å². The lowest BCUT2D eigenvalue weighted by atomic mass is 10.2. The lowest BCUT2D eigenvalue weighted by molar-refractivity contribution is 0.0953. The molecule has 1 amide bonds. The molecule has 1 heterocycles. The van der Waals surface area contributed by atoms with Gasteiger partial charge in [-0.05, 0) is 45.1 Å². The lowest BCUT2D eigenvalue weighted by Gasteiger charge is -2.06. The molecule has 0 aliphatic carbocycles. The lowest BCUT2D eigenvalue weighted by Crippen LogP contribution is -2.26. The van der Waals surface area contributed by atoms with Gasteiger partial charge in [-0.2, -0.15) is 0 Å². The molecule has 2 rings (SSSR count). The largest absolute Gasteiger partial charge is 0.352 e. The number of nitrogens with zero attached hydrogens (tertiary/aromatic N) is 1. The fourth-order valence-corrected chi connectivity index (χ4v) is 3.26. The van der Waals surface area contributed by atoms with Crippen molar-refractivity contribution in [3.8, 4) is 0 Å². The summed E-state index contributed by atoms with van der Waals surface area (Å²) in [6.07, 6.45) is 3.53. The van der Waals surface area contributed by atoms with Gasteiger partial charge in [0.25, 0.3) is 15.9 Å². The van der Waals surface area contributed by atoms with Crippen molar-refractivity contribution in [2.75, 3.05) is 20.1 Å². The molecule has 24 heavy (non-hydrogen) atoms. The van der Waals surface area contributed by atoms with Gasteiger partial charge in [0, 0.05) is 18.9 Å². The van der Waals surface area contributed by atoms with Crippen molar-refractivity contribution in [3.05, 3.63) is 53.9 Å². The third-order valence-electron chi connectivity index (χ3n) is 3.42. The van der Waals surface area contributed by atoms with Crippen LogP contribution in [0.5, 0.6) is 0 Å². The van der Waals surface area contributed by atoms with Gasteiger partial charge < -0.3 is 10.6 Å². The number of rotatable bonds is 7. The Morgan fingerprint density at radius 2 is 1.79 bits per heavy atom. The summed E-state index contributed by atoms with van der Waals surface area (Å²) in [5.74, 6) is -0.279. The maximum Gasteiger partial charge on any atom is 0.267 e. The molecule has 0 saturated heterocycles. The van der Waals surface area contributed by atoms with Gasteiger partial charge in [-0.1, -0.05) is 17.7 Å². The topological polar surface area (TPSA) is 80.2 Å². The van der Waals surface area contributed by atoms with Crippen LogP contribution in [0, 0.1) is 6.92 Å². The Bertz CT molecular complexity index is 770. The second-order valence-corrected chi connectivity index (χ2v) is 7.10. The molecule has 6 nitrogen and oxygen atoms in total. The normalized spacial score (nSPS) is 10.9. The van der Waals surface area contributed by atoms with Crippen molar-refractivity contribution in [1.29, 1.82) is 0 Å². The fraction of sp³-hybridized carbons (Fsp3) is 0.312. The van der Waals surface area contributed by atoms with Gasteiger partial charge >= 0.3 is 0 Å². The van der Waals surface area contributed by atoms with E-state index in [4.69, 9.17) is 0 Å². The molecule has 2 aromatic rings. The number of carbonyl (C=O) groups excluding carboxylic acids is 1. The van der Waals surface area contributed by atoms with Gasteiger partial charge in [0.2, 0.25) is 0 Å². The van der Waals surface area contributed by atoms with Gasteiger partial charge in [-0.15, -0.1) is 12.4 Å². The fourth-order valence-electron chi connectivity index (χ4n) is 2.06. The Balaban J connectivity index is 0.00000288. The summed E-state index contributed by atoms with van der Waals surface area (Å²) in [6.45, 7) is 3.24. The molecule has 8 heteroatoms. The van der Waals surface area contributed by atoms with Gasteiger partial charge in [-0.25, -0.2) is 12.4 Å². The first-order chi connectivity index (χ1) is 10.9. The number of aromatic nitrogens is 1. The first-order valence-electron chi connectivity index (χ1n) is 7.38. The third-order valence-corrected chi connectivity index (χ3v) is 5.07. The van der Waals surface area contributed by atoms with Crippen molar-refractivity contribution in [2.45, 2.75) is 18.2 Å². The average Bonchev–Trinajstić information content (AvgIpc) is 3.02. The van der Waals surface area contributed by atoms with Gasteiger partial charge in [0.15, 0.2) is 0 Å². The summed E-state index contributed by atoms with van der Waals surface area (Å²) in [5.41, 5.74) is 1.31. The van der Waals surface area contributed by atoms with Crippen LogP contribution in [-0.4, -0.2) is 38.4 Å². The number of carbonyl (C=O) groups is 1. The van der Waals surface area contributed by atoms with Crippen LogP contribution in [-0.2, 0) is 10.0 Å². The van der Waals surface area contributed by atoms with Crippen LogP contribution in [0.2, 0.25) is 0 Å². The molecule has 0 aliphatic rings. The smallest absolute Gasteiger partial charge is 0.267 e. The number of amides is 1. The Morgan fingerprint density at radius 3 is 2.42 bits per heavy atom. The van der Waals surface area contributed by atoms with Crippen LogP contribution in [0.25, 0.3) is 0 Å². The Morgan fingerprint density at radius 1 is 1.12 bits per heavy atom. The quantitative estimate of drug-likeness (QED) is 0.727. The van der Waals surface area contributed by atoms with Crippen LogP contribution in [0.1, 0.15) is 22.3 Å². The van der Waals surface area contributed by atoms with Crippen LogP contribution in [0.3, 0.4) is 0 Å². The molecule has 2 N–H and O–H groups in total. The van der Waals surface area contributed by atoms with Crippen LogP contribution < -0.4 is 10.6 Å². The van der Waals surface area contributed by atoms with E-state index in [1.807, 2.05) is 14.0 Å². The number of nitrogens with one attached hydrogen (secondary N) is 2. The van der Waals surface area contributed by atoms with Crippen molar-refractivity contribution in [3.63, 3.8) is 0 Å². The minimum atomic E-state index is -3.67. The molecule has 0 bridgehead atoms. The van der Waals surface area contributed by atoms with E-state index in [0.717, 1.165) is 22.5 Å². The Hall–Kier alpha value is -1.83. The van der Waals surface area contributed by atoms with Gasteiger partial charge in [0.05, 0.1) is 10.5 Å². The van der Waals surface area contributed by atoms with Gasteiger partial charge in [0.1, 0.15) is 0 Å². The highest BCUT2D eigenvalue weighted by Crippen LogP contribution is 2.16. The zero-order valence-corrected chi connectivity index (χ0v) is 15.3. The third kappa shape index (κ3) is 4.83. The standard InChI is InChI=1S/C16H21N3O3S.ClH/c1-13-4-6-15(7-5-13)23(21,22)19-11-8-14(12-19)16(20)18-10-3-9-17-2;/h4-8,11-12,17H,3,9-10H2,1-2H3,(H,18,20);1H. The van der Waals surface area contributed by atoms with E-state index in [9.17, 15) is 13.2 Å². The van der Waals surface area contributed by atoms with Gasteiger partial charge in [-0.3, -0.25) is 4.79 Å². The zero-order chi connectivity index (χ0) is 16.9. The maximum absolute atomic E-state index is 12.5. The summed E-state index contributed by atoms with van der Waals surface area (Å²) >= 11 is 0. The van der Waals surface area contributed by atoms with E-state index < -0.39 is 10.0 Å². The minimum absolute atomic E-state index is 0. The molecule has 0 unspecified atom stereocenters. The highest BCUT2D eigenvalue weighted by Gasteiger charge is 2.18. The van der Waals surface area contributed by atoms with Crippen molar-refractivity contribution >= 4 is 28.3 Å². The SMILES string of the molecule is CNCCCNC(=O)c1ccn(S(=O)(=O)c2ccc(C)cc2)c1.Cl. The molecule has 0 saturated carbocycles. The van der Waals surface area contributed by atoms with Crippen molar-refractivity contribution in [2.24, 2.45) is 0 Å². The summed E-state index contributed by atoms with van der Waals surface area (Å²) in [4.78, 5) is 12.2. The molecule has 1 aromatic heterocycles. The monoisotopic (exact) mass is 371 g/mol. The number of halogens is 1. The zero-order valence-electron chi connectivity index (χ0n) is 13.7. The van der Waals surface area contributed by atoms with E-state index in [0.29, 0.717) is 12.1 Å². The van der Waals surface area contributed by atoms with Crippen LogP contribution in [0.4, 0.5) is 0 Å². The predicted molar refractivity (Wildman–Crippen MR) is 96.3 cm³/mol. The van der Waals surface area contributed by atoms with Crippen LogP contribution >= 0.6 is 12.4 Å². The van der Waals surface area contributed by atoms with E-state index in [1.165, 1.54) is 18.5 Å². The summed E-state index contributed by atoms with van der Waals surface area (Å²) in [6, 6.07) is 8.10. The first-order valence-corrected chi connectivity index (χ1v) is 8.82. The van der Waals surface area contributed by atoms with Crippen molar-refractivity contribution in [1.82, 2.24) is 14.6 Å². The first kappa shape index (κ1) is 20.2. The number of hydrogen-bond donors (Lipinski definition) is 2. The second kappa shape index (κ2) is 8.86. The van der Waals surface area contributed by atoms with Crippen molar-refractivity contribution < 1.29 is 13.2 Å². The average molecular weight is 372 g/mol. The molecule has 0 aliphatic heterocycles. The molecule has 0 fully saturated rings. The van der Waals surface area contributed by atoms with E-state index in [-0.39, 0.29) is 23.2 Å². The highest BCUT2D eigenvalue weighted by molar-refractivity contribution is 7.90. The summed E-state index contributed by atoms with van der Waals surface area (Å²) in [5, 5.41) is 5.75. The van der Waals surface area contributed by atoms with E-state index >= 15 is 0 Å². The number of aryl methyl sites for hydroxylation is 1. The van der Waals surface area contributed by atoms with Crippen LogP contribution in [0.15, 0.2) is 47.6 Å². The number of hydrogen-bond acceptors (Lipinski definition) is 4. The van der Waals surface area contributed by atoms with E-state index in [1.54, 1.807) is 24.3 Å². The second-order valence-electron chi connectivity index (χ2n) is 5.26. The van der Waals surface area contributed by atoms with E-state index in [2.05, 4.69) is 10.6 Å². The highest BCUT2D eigenvalue weighted by atomic mass is 35.5. The molecule has 1 aromatic carbocycles. The molecule has 0 radical (unpaired) electrons.